The molecule has 3 fully saturated rings. The summed E-state index contributed by atoms with van der Waals surface area (Å²) in [6.07, 6.45) is 5.22. The molecule has 1 spiro atoms. The predicted molar refractivity (Wildman–Crippen MR) is 119 cm³/mol. The number of carbonyl (C=O) groups is 1. The molecule has 3 aliphatic rings. The number of aliphatic carboxylic acids is 1. The summed E-state index contributed by atoms with van der Waals surface area (Å²) in [6.45, 7) is 4.95. The van der Waals surface area contributed by atoms with Crippen LogP contribution in [0.4, 0.5) is 5.69 Å². The van der Waals surface area contributed by atoms with Crippen molar-refractivity contribution in [3.63, 3.8) is 0 Å². The van der Waals surface area contributed by atoms with Crippen molar-refractivity contribution >= 4 is 11.7 Å². The Labute approximate surface area is 192 Å². The van der Waals surface area contributed by atoms with E-state index in [1.54, 1.807) is 18.6 Å². The molecule has 5 heterocycles. The molecule has 9 heteroatoms. The first-order valence-electron chi connectivity index (χ1n) is 11.1. The molecule has 0 radical (unpaired) electrons. The maximum Gasteiger partial charge on any atom is 0.320 e. The highest BCUT2D eigenvalue weighted by atomic mass is 16.6. The number of carboxylic acids is 1. The van der Waals surface area contributed by atoms with E-state index in [0.717, 1.165) is 16.8 Å². The Bertz CT molecular complexity index is 1080. The number of pyridine rings is 2. The van der Waals surface area contributed by atoms with Crippen LogP contribution in [0, 0.1) is 11.8 Å². The third kappa shape index (κ3) is 4.37. The van der Waals surface area contributed by atoms with Crippen LogP contribution in [0.3, 0.4) is 0 Å². The molecule has 0 amide bonds. The lowest BCUT2D eigenvalue weighted by Crippen LogP contribution is -2.68. The number of rotatable bonds is 4. The quantitative estimate of drug-likeness (QED) is 0.662. The van der Waals surface area contributed by atoms with Crippen molar-refractivity contribution in [2.45, 2.75) is 37.1 Å². The standard InChI is InChI=1S/C24H26N4O5/c1-16-24(14-31-15-24)32-8-7-28(16)21-9-18(5-4-17-3-2-6-25-11-17)12-27-22(21)33-19-10-20(23(29)30)26-13-19/h2-3,6,9,11-12,16,19-20,26H,7-8,10,13-15H2,1H3,(H,29,30)/t16-,19-,20-/m0/s1. The zero-order valence-electron chi connectivity index (χ0n) is 18.4. The lowest BCUT2D eigenvalue weighted by atomic mass is 9.90. The Morgan fingerprint density at radius 3 is 2.88 bits per heavy atom. The molecule has 172 valence electrons. The number of hydrogen-bond donors (Lipinski definition) is 2. The van der Waals surface area contributed by atoms with Gasteiger partial charge in [0.05, 0.1) is 25.9 Å². The second-order valence-electron chi connectivity index (χ2n) is 8.59. The van der Waals surface area contributed by atoms with Gasteiger partial charge in [0.15, 0.2) is 0 Å². The van der Waals surface area contributed by atoms with Crippen LogP contribution in [-0.4, -0.2) is 77.7 Å². The van der Waals surface area contributed by atoms with Crippen molar-refractivity contribution in [2.24, 2.45) is 0 Å². The topological polar surface area (TPSA) is 106 Å². The van der Waals surface area contributed by atoms with E-state index in [4.69, 9.17) is 14.2 Å². The molecule has 2 aromatic heterocycles. The third-order valence-electron chi connectivity index (χ3n) is 6.46. The summed E-state index contributed by atoms with van der Waals surface area (Å²) < 4.78 is 17.8. The lowest BCUT2D eigenvalue weighted by Gasteiger charge is -2.53. The number of carboxylic acid groups (broad SMARTS) is 1. The molecule has 0 saturated carbocycles. The van der Waals surface area contributed by atoms with Gasteiger partial charge in [-0.25, -0.2) is 4.98 Å². The van der Waals surface area contributed by atoms with E-state index < -0.39 is 12.0 Å². The van der Waals surface area contributed by atoms with Crippen molar-refractivity contribution in [3.05, 3.63) is 47.9 Å². The van der Waals surface area contributed by atoms with Crippen molar-refractivity contribution < 1.29 is 24.1 Å². The SMILES string of the molecule is C[C@@H]1N(c2cc(C#Cc3cccnc3)cnc2O[C@@H]2CN[C@H](C(=O)O)C2)CCOC12COC2. The van der Waals surface area contributed by atoms with Crippen molar-refractivity contribution in [1.82, 2.24) is 15.3 Å². The molecule has 0 aliphatic carbocycles. The minimum atomic E-state index is -0.871. The Kier molecular flexibility index (Phi) is 5.89. The molecular formula is C24H26N4O5. The van der Waals surface area contributed by atoms with Crippen LogP contribution in [0.1, 0.15) is 24.5 Å². The average molecular weight is 450 g/mol. The maximum atomic E-state index is 11.3. The Morgan fingerprint density at radius 1 is 1.33 bits per heavy atom. The number of nitrogens with zero attached hydrogens (tertiary/aromatic N) is 3. The fourth-order valence-electron chi connectivity index (χ4n) is 4.43. The normalized spacial score (nSPS) is 25.7. The highest BCUT2D eigenvalue weighted by molar-refractivity contribution is 5.74. The summed E-state index contributed by atoms with van der Waals surface area (Å²) in [5, 5.41) is 12.3. The number of morpholine rings is 1. The van der Waals surface area contributed by atoms with Gasteiger partial charge in [0.25, 0.3) is 0 Å². The van der Waals surface area contributed by atoms with Crippen LogP contribution >= 0.6 is 0 Å². The van der Waals surface area contributed by atoms with E-state index in [1.807, 2.05) is 18.2 Å². The number of hydrogen-bond acceptors (Lipinski definition) is 8. The van der Waals surface area contributed by atoms with Crippen LogP contribution in [0.15, 0.2) is 36.8 Å². The first kappa shape index (κ1) is 21.6. The highest BCUT2D eigenvalue weighted by Gasteiger charge is 2.50. The van der Waals surface area contributed by atoms with Gasteiger partial charge in [0.1, 0.15) is 23.4 Å². The molecule has 5 rings (SSSR count). The van der Waals surface area contributed by atoms with Gasteiger partial charge in [0.2, 0.25) is 5.88 Å². The molecular weight excluding hydrogens is 424 g/mol. The molecule has 3 atom stereocenters. The summed E-state index contributed by atoms with van der Waals surface area (Å²) in [7, 11) is 0. The lowest BCUT2D eigenvalue weighted by molar-refractivity contribution is -0.228. The van der Waals surface area contributed by atoms with Gasteiger partial charge in [-0.2, -0.15) is 0 Å². The Hall–Kier alpha value is -3.19. The number of ether oxygens (including phenoxy) is 3. The fourth-order valence-corrected chi connectivity index (χ4v) is 4.43. The number of nitrogens with one attached hydrogen (secondary N) is 1. The van der Waals surface area contributed by atoms with Gasteiger partial charge >= 0.3 is 5.97 Å². The minimum Gasteiger partial charge on any atom is -0.480 e. The molecule has 9 nitrogen and oxygen atoms in total. The van der Waals surface area contributed by atoms with Gasteiger partial charge in [0, 0.05) is 49.2 Å². The summed E-state index contributed by atoms with van der Waals surface area (Å²) >= 11 is 0. The second kappa shape index (κ2) is 8.98. The Morgan fingerprint density at radius 2 is 2.18 bits per heavy atom. The van der Waals surface area contributed by atoms with E-state index >= 15 is 0 Å². The van der Waals surface area contributed by atoms with Crippen molar-refractivity contribution in [1.29, 1.82) is 0 Å². The largest absolute Gasteiger partial charge is 0.480 e. The van der Waals surface area contributed by atoms with E-state index in [0.29, 0.717) is 45.2 Å². The molecule has 3 saturated heterocycles. The van der Waals surface area contributed by atoms with Gasteiger partial charge in [-0.1, -0.05) is 11.8 Å². The molecule has 2 aromatic rings. The predicted octanol–water partition coefficient (Wildman–Crippen LogP) is 1.06. The van der Waals surface area contributed by atoms with Crippen LogP contribution in [-0.2, 0) is 14.3 Å². The minimum absolute atomic E-state index is 0.0548. The van der Waals surface area contributed by atoms with Gasteiger partial charge < -0.3 is 29.5 Å². The van der Waals surface area contributed by atoms with Crippen LogP contribution in [0.5, 0.6) is 5.88 Å². The van der Waals surface area contributed by atoms with Crippen LogP contribution in [0.2, 0.25) is 0 Å². The van der Waals surface area contributed by atoms with Crippen LogP contribution in [0.25, 0.3) is 0 Å². The monoisotopic (exact) mass is 450 g/mol. The van der Waals surface area contributed by atoms with E-state index in [1.165, 1.54) is 0 Å². The van der Waals surface area contributed by atoms with Crippen molar-refractivity contribution in [3.8, 4) is 17.7 Å². The van der Waals surface area contributed by atoms with Gasteiger partial charge in [-0.3, -0.25) is 9.78 Å². The van der Waals surface area contributed by atoms with E-state index in [9.17, 15) is 9.90 Å². The summed E-state index contributed by atoms with van der Waals surface area (Å²) in [4.78, 5) is 22.2. The molecule has 0 bridgehead atoms. The second-order valence-corrected chi connectivity index (χ2v) is 8.59. The highest BCUT2D eigenvalue weighted by Crippen LogP contribution is 2.38. The van der Waals surface area contributed by atoms with E-state index in [2.05, 4.69) is 38.9 Å². The van der Waals surface area contributed by atoms with Gasteiger partial charge in [-0.05, 0) is 25.1 Å². The zero-order valence-corrected chi connectivity index (χ0v) is 18.4. The number of anilines is 1. The number of aromatic nitrogens is 2. The fraction of sp³-hybridized carbons (Fsp3) is 0.458. The smallest absolute Gasteiger partial charge is 0.320 e. The van der Waals surface area contributed by atoms with Crippen LogP contribution < -0.4 is 15.0 Å². The molecule has 0 aromatic carbocycles. The van der Waals surface area contributed by atoms with Crippen molar-refractivity contribution in [2.75, 3.05) is 37.8 Å². The first-order valence-corrected chi connectivity index (χ1v) is 11.1. The molecule has 33 heavy (non-hydrogen) atoms. The average Bonchev–Trinajstić information content (AvgIpc) is 3.27. The maximum absolute atomic E-state index is 11.3. The first-order chi connectivity index (χ1) is 16.0. The summed E-state index contributed by atoms with van der Waals surface area (Å²) in [6, 6.07) is 5.18. The molecule has 3 aliphatic heterocycles. The summed E-state index contributed by atoms with van der Waals surface area (Å²) in [5.41, 5.74) is 2.07. The molecule has 2 N–H and O–H groups in total. The summed E-state index contributed by atoms with van der Waals surface area (Å²) in [5.74, 6) is 5.89. The Balaban J connectivity index is 1.45. The van der Waals surface area contributed by atoms with E-state index in [-0.39, 0.29) is 17.7 Å². The molecule has 0 unspecified atom stereocenters. The zero-order chi connectivity index (χ0) is 22.8. The third-order valence-corrected chi connectivity index (χ3v) is 6.46. The van der Waals surface area contributed by atoms with Gasteiger partial charge in [-0.15, -0.1) is 0 Å².